The Hall–Kier alpha value is 1.72. The van der Waals surface area contributed by atoms with Gasteiger partial charge in [0.1, 0.15) is 0 Å². The van der Waals surface area contributed by atoms with Gasteiger partial charge in [0.15, 0.2) is 0 Å². The van der Waals surface area contributed by atoms with Crippen molar-refractivity contribution < 1.29 is 0 Å². The van der Waals surface area contributed by atoms with Gasteiger partial charge in [-0.15, -0.1) is 38.0 Å². The highest BCUT2D eigenvalue weighted by molar-refractivity contribution is 9.49. The van der Waals surface area contributed by atoms with Crippen LogP contribution in [0.1, 0.15) is 0 Å². The van der Waals surface area contributed by atoms with Crippen LogP contribution in [0.4, 0.5) is 0 Å². The van der Waals surface area contributed by atoms with E-state index >= 15 is 0 Å². The molecule has 0 rings (SSSR count). The summed E-state index contributed by atoms with van der Waals surface area (Å²) in [5, 5.41) is 3.43. The van der Waals surface area contributed by atoms with E-state index < -0.39 is 22.8 Å². The molecular weight excluding hydrogens is 402 g/mol. The highest BCUT2D eigenvalue weighted by Crippen LogP contribution is 2.07. The molecule has 5 heteroatoms. The molecule has 0 nitrogen and oxygen atoms in total. The van der Waals surface area contributed by atoms with Crippen LogP contribution in [0.25, 0.3) is 0 Å². The van der Waals surface area contributed by atoms with Gasteiger partial charge >= 0.3 is 22.8 Å². The first-order chi connectivity index (χ1) is 6.58. The third kappa shape index (κ3) is 19.3. The van der Waals surface area contributed by atoms with E-state index in [1.54, 1.807) is 0 Å². The molecule has 0 aliphatic carbocycles. The molecule has 0 fully saturated rings. The highest BCUT2D eigenvalue weighted by Gasteiger charge is 2.06. The zero-order valence-corrected chi connectivity index (χ0v) is 15.3. The van der Waals surface area contributed by atoms with Gasteiger partial charge in [0.25, 0.3) is 0 Å². The van der Waals surface area contributed by atoms with Crippen molar-refractivity contribution in [2.24, 2.45) is 0 Å². The fourth-order valence-corrected chi connectivity index (χ4v) is 4.92. The first kappa shape index (κ1) is 18.1. The molecule has 0 unspecified atom stereocenters. The summed E-state index contributed by atoms with van der Waals surface area (Å²) >= 11 is 9.81. The summed E-state index contributed by atoms with van der Waals surface area (Å²) in [6.07, 6.45) is 5.85. The Morgan fingerprint density at radius 3 is 1.29 bits per heavy atom. The van der Waals surface area contributed by atoms with E-state index in [9.17, 15) is 0 Å². The topological polar surface area (TPSA) is 0 Å². The van der Waals surface area contributed by atoms with E-state index in [0.29, 0.717) is 0 Å². The molecule has 0 spiro atoms. The fourth-order valence-electron chi connectivity index (χ4n) is 0.584. The number of allylic oxidation sites excluding steroid dienone is 3. The summed E-state index contributed by atoms with van der Waals surface area (Å²) in [4.78, 5) is 0. The Morgan fingerprint density at radius 2 is 1.14 bits per heavy atom. The van der Waals surface area contributed by atoms with Crippen LogP contribution >= 0.6 is 42.2 Å². The van der Waals surface area contributed by atoms with Crippen LogP contribution in [0.5, 0.6) is 0 Å². The molecule has 0 atom stereocenters. The van der Waals surface area contributed by atoms with Crippen LogP contribution in [-0.4, -0.2) is 22.8 Å². The zero-order valence-electron chi connectivity index (χ0n) is 8.26. The lowest BCUT2D eigenvalue weighted by Gasteiger charge is -1.91. The van der Waals surface area contributed by atoms with Gasteiger partial charge in [0, 0.05) is 0 Å². The average Bonchev–Trinajstić information content (AvgIpc) is 2.05. The lowest BCUT2D eigenvalue weighted by Crippen LogP contribution is -1.96. The minimum Gasteiger partial charge on any atom is -0.216 e. The van der Waals surface area contributed by atoms with Crippen LogP contribution < -0.4 is 0 Å². The summed E-state index contributed by atoms with van der Waals surface area (Å²) in [6.45, 7) is 10.9. The molecule has 0 heterocycles. The van der Waals surface area contributed by atoms with E-state index in [0.717, 1.165) is 15.8 Å². The van der Waals surface area contributed by atoms with Gasteiger partial charge < -0.3 is 0 Å². The summed E-state index contributed by atoms with van der Waals surface area (Å²) in [6, 6.07) is 0. The third-order valence-electron chi connectivity index (χ3n) is 1.19. The van der Waals surface area contributed by atoms with Crippen molar-refractivity contribution >= 4 is 65.0 Å². The number of rotatable bonds is 6. The van der Waals surface area contributed by atoms with Crippen LogP contribution in [0.2, 0.25) is 15.8 Å². The molecule has 0 saturated heterocycles. The van der Waals surface area contributed by atoms with Crippen molar-refractivity contribution in [3.05, 3.63) is 38.0 Å². The van der Waals surface area contributed by atoms with Gasteiger partial charge in [0.2, 0.25) is 0 Å². The van der Waals surface area contributed by atoms with Gasteiger partial charge in [-0.05, 0) is 0 Å². The maximum absolute atomic E-state index is 3.65. The molecule has 0 radical (unpaired) electrons. The first-order valence-electron chi connectivity index (χ1n) is 4.33. The summed E-state index contributed by atoms with van der Waals surface area (Å²) in [7, 11) is -0.664. The van der Waals surface area contributed by atoms with Gasteiger partial charge in [0.05, 0.1) is 0 Å². The molecule has 0 aromatic carbocycles. The van der Waals surface area contributed by atoms with Crippen LogP contribution in [-0.2, 0) is 0 Å². The lowest BCUT2D eigenvalue weighted by molar-refractivity contribution is 1.59. The zero-order chi connectivity index (χ0) is 11.4. The Morgan fingerprint density at radius 1 is 0.786 bits per heavy atom. The van der Waals surface area contributed by atoms with E-state index in [-0.39, 0.29) is 0 Å². The minimum absolute atomic E-state index is 0.626. The molecule has 0 bridgehead atoms. The highest BCUT2D eigenvalue weighted by atomic mass is 79.9. The molecule has 0 N–H and O–H groups in total. The third-order valence-corrected chi connectivity index (χ3v) is 8.05. The normalized spacial score (nSPS) is 7.93. The molecule has 0 aromatic rings. The van der Waals surface area contributed by atoms with Crippen LogP contribution in [0, 0.1) is 0 Å². The molecule has 14 heavy (non-hydrogen) atoms. The molecule has 0 aliphatic rings. The van der Waals surface area contributed by atoms with Crippen molar-refractivity contribution in [1.29, 1.82) is 0 Å². The second kappa shape index (κ2) is 14.7. The molecule has 78 valence electrons. The van der Waals surface area contributed by atoms with Crippen molar-refractivity contribution in [2.45, 2.75) is 15.8 Å². The Bertz CT molecular complexity index is 150. The van der Waals surface area contributed by atoms with Crippen LogP contribution in [0.3, 0.4) is 0 Å². The predicted molar refractivity (Wildman–Crippen MR) is 83.3 cm³/mol. The molecule has 0 amide bonds. The van der Waals surface area contributed by atoms with Gasteiger partial charge in [-0.25, -0.2) is 14.1 Å². The number of halogens is 3. The monoisotopic (exact) mass is 414 g/mol. The first-order valence-corrected chi connectivity index (χ1v) is 16.3. The van der Waals surface area contributed by atoms with E-state index in [1.807, 2.05) is 18.2 Å². The second-order valence-electron chi connectivity index (χ2n) is 2.56. The molecule has 0 saturated carbocycles. The van der Waals surface area contributed by atoms with E-state index in [1.165, 1.54) is 0 Å². The standard InChI is InChI=1S/3C3H5.2Al.3BrH/c3*1-3-2;;;;;/h3*3H,1-2H2;;;3*1H/q;;;+1;+2;;;/p-3. The predicted octanol–water partition coefficient (Wildman–Crippen LogP) is 5.20. The summed E-state index contributed by atoms with van der Waals surface area (Å²) in [5.74, 6) is 0. The Kier molecular flexibility index (Phi) is 19.0. The van der Waals surface area contributed by atoms with Crippen LogP contribution in [0.15, 0.2) is 38.0 Å². The van der Waals surface area contributed by atoms with Crippen molar-refractivity contribution in [3.63, 3.8) is 0 Å². The fraction of sp³-hybridized carbons (Fsp3) is 0.333. The van der Waals surface area contributed by atoms with Gasteiger partial charge in [-0.3, -0.25) is 0 Å². The number of hydrogen-bond acceptors (Lipinski definition) is 0. The summed E-state index contributed by atoms with van der Waals surface area (Å²) in [5.41, 5.74) is 0. The Labute approximate surface area is 117 Å². The number of hydrogen-bond donors (Lipinski definition) is 0. The lowest BCUT2D eigenvalue weighted by atomic mass is 10.7. The minimum atomic E-state index is -0.664. The van der Waals surface area contributed by atoms with Crippen molar-refractivity contribution in [2.75, 3.05) is 0 Å². The van der Waals surface area contributed by atoms with Gasteiger partial charge in [-0.1, -0.05) is 15.8 Å². The largest absolute Gasteiger partial charge is 0.459 e. The molecule has 0 aliphatic heterocycles. The van der Waals surface area contributed by atoms with Crippen molar-refractivity contribution in [3.8, 4) is 0 Å². The average molecular weight is 417 g/mol. The van der Waals surface area contributed by atoms with E-state index in [2.05, 4.69) is 61.9 Å². The Balaban J connectivity index is 0. The molecule has 0 aromatic heterocycles. The summed E-state index contributed by atoms with van der Waals surface area (Å²) < 4.78 is 0. The van der Waals surface area contributed by atoms with E-state index in [4.69, 9.17) is 0 Å². The maximum Gasteiger partial charge on any atom is 0.459 e. The second-order valence-corrected chi connectivity index (χ2v) is 20.2. The van der Waals surface area contributed by atoms with Crippen molar-refractivity contribution in [1.82, 2.24) is 0 Å². The molecular formula is C9H15Al2Br3. The smallest absolute Gasteiger partial charge is 0.216 e. The maximum atomic E-state index is 3.65. The SMILES string of the molecule is C=C[CH2][Al]([Br])[Br].C=C[CH2][Al]([Br])[CH2]C=C. The van der Waals surface area contributed by atoms with Gasteiger partial charge in [-0.2, -0.15) is 28.1 Å². The quantitative estimate of drug-likeness (QED) is 0.412.